The van der Waals surface area contributed by atoms with Crippen molar-refractivity contribution in [3.05, 3.63) is 87.9 Å². The summed E-state index contributed by atoms with van der Waals surface area (Å²) in [6.07, 6.45) is 3.19. The quantitative estimate of drug-likeness (QED) is 0.567. The van der Waals surface area contributed by atoms with Crippen LogP contribution in [0.5, 0.6) is 11.5 Å². The molecule has 0 saturated heterocycles. The van der Waals surface area contributed by atoms with Crippen LogP contribution in [0.25, 0.3) is 12.2 Å². The maximum absolute atomic E-state index is 12.4. The van der Waals surface area contributed by atoms with Gasteiger partial charge in [0.15, 0.2) is 0 Å². The van der Waals surface area contributed by atoms with E-state index in [-0.39, 0.29) is 10.7 Å². The second-order valence-electron chi connectivity index (χ2n) is 5.81. The molecule has 8 heteroatoms. The molecule has 3 aromatic rings. The molecule has 6 nitrogen and oxygen atoms in total. The van der Waals surface area contributed by atoms with Gasteiger partial charge < -0.3 is 19.4 Å². The van der Waals surface area contributed by atoms with Gasteiger partial charge in [-0.3, -0.25) is 9.59 Å². The molecule has 0 aliphatic rings. The van der Waals surface area contributed by atoms with E-state index in [4.69, 9.17) is 9.47 Å². The highest BCUT2D eigenvalue weighted by Gasteiger charge is 2.03. The molecule has 0 amide bonds. The lowest BCUT2D eigenvalue weighted by molar-refractivity contribution is 0.412. The number of methoxy groups -OCH3 is 2. The summed E-state index contributed by atoms with van der Waals surface area (Å²) in [5.74, 6) is 1.35. The number of H-pyrrole nitrogens is 2. The van der Waals surface area contributed by atoms with Gasteiger partial charge in [0.1, 0.15) is 22.2 Å². The van der Waals surface area contributed by atoms with Gasteiger partial charge in [-0.15, -0.1) is 0 Å². The predicted molar refractivity (Wildman–Crippen MR) is 115 cm³/mol. The minimum atomic E-state index is -0.398. The van der Waals surface area contributed by atoms with E-state index in [9.17, 15) is 9.59 Å². The molecular weight excluding hydrogens is 492 g/mol. The zero-order valence-electron chi connectivity index (χ0n) is 15.0. The number of aromatic nitrogens is 2. The number of ether oxygens (including phenoxy) is 2. The highest BCUT2D eigenvalue weighted by molar-refractivity contribution is 9.10. The maximum atomic E-state index is 12.4. The van der Waals surface area contributed by atoms with Gasteiger partial charge in [0.05, 0.1) is 23.2 Å². The predicted octanol–water partition coefficient (Wildman–Crippen LogP) is 2.26. The van der Waals surface area contributed by atoms with Crippen molar-refractivity contribution in [3.8, 4) is 11.5 Å². The van der Waals surface area contributed by atoms with Gasteiger partial charge in [0.2, 0.25) is 0 Å². The monoisotopic (exact) mass is 506 g/mol. The molecule has 0 saturated carbocycles. The molecule has 1 heterocycles. The number of aromatic amines is 2. The fraction of sp³-hybridized carbons (Fsp3) is 0.100. The standard InChI is InChI=1S/C20H16Br2N2O4/c1-27-17-5-3-11(7-13(17)21)9-15-19(25)24-16(20(26)23-15)10-12-4-6-18(28-2)14(22)8-12/h3-10H,1-2H3,(H,23,26)(H,24,25)/b15-9-,16-10-. The number of rotatable bonds is 4. The second-order valence-corrected chi connectivity index (χ2v) is 7.52. The average molecular weight is 508 g/mol. The molecule has 28 heavy (non-hydrogen) atoms. The Morgan fingerprint density at radius 2 is 1.14 bits per heavy atom. The minimum absolute atomic E-state index is 0.162. The molecule has 2 aromatic carbocycles. The summed E-state index contributed by atoms with van der Waals surface area (Å²) in [6, 6.07) is 10.7. The molecule has 0 atom stereocenters. The largest absolute Gasteiger partial charge is 0.496 e. The summed E-state index contributed by atoms with van der Waals surface area (Å²) >= 11 is 6.80. The van der Waals surface area contributed by atoms with Gasteiger partial charge in [0.25, 0.3) is 11.1 Å². The normalized spacial score (nSPS) is 12.3. The first-order valence-electron chi connectivity index (χ1n) is 8.14. The SMILES string of the molecule is COc1ccc(/C=c2\[nH]c(=O)/c(=C/c3ccc(OC)c(Br)c3)[nH]c2=O)cc1Br. The fourth-order valence-electron chi connectivity index (χ4n) is 2.57. The van der Waals surface area contributed by atoms with Crippen molar-refractivity contribution in [1.82, 2.24) is 9.97 Å². The molecule has 144 valence electrons. The smallest absolute Gasteiger partial charge is 0.272 e. The Labute approximate surface area is 176 Å². The molecule has 0 fully saturated rings. The first-order chi connectivity index (χ1) is 13.4. The summed E-state index contributed by atoms with van der Waals surface area (Å²) in [5, 5.41) is 0.324. The summed E-state index contributed by atoms with van der Waals surface area (Å²) in [5.41, 5.74) is 0.685. The molecule has 0 aliphatic carbocycles. The van der Waals surface area contributed by atoms with Crippen molar-refractivity contribution < 1.29 is 9.47 Å². The van der Waals surface area contributed by atoms with E-state index in [1.807, 2.05) is 0 Å². The van der Waals surface area contributed by atoms with E-state index in [0.29, 0.717) is 11.5 Å². The molecule has 1 aromatic heterocycles. The number of nitrogens with one attached hydrogen (secondary N) is 2. The Bertz CT molecular complexity index is 1160. The van der Waals surface area contributed by atoms with E-state index >= 15 is 0 Å². The van der Waals surface area contributed by atoms with E-state index in [0.717, 1.165) is 20.1 Å². The van der Waals surface area contributed by atoms with Crippen molar-refractivity contribution in [2.75, 3.05) is 14.2 Å². The number of hydrogen-bond donors (Lipinski definition) is 2. The van der Waals surface area contributed by atoms with E-state index in [1.165, 1.54) is 0 Å². The first kappa shape index (κ1) is 20.2. The van der Waals surface area contributed by atoms with E-state index < -0.39 is 11.1 Å². The number of benzene rings is 2. The van der Waals surface area contributed by atoms with Crippen molar-refractivity contribution in [1.29, 1.82) is 0 Å². The molecule has 2 N–H and O–H groups in total. The zero-order valence-corrected chi connectivity index (χ0v) is 18.2. The highest BCUT2D eigenvalue weighted by Crippen LogP contribution is 2.26. The molecule has 0 radical (unpaired) electrons. The summed E-state index contributed by atoms with van der Waals surface area (Å²) in [7, 11) is 3.14. The molecule has 0 spiro atoms. The Morgan fingerprint density at radius 3 is 1.46 bits per heavy atom. The Hall–Kier alpha value is -2.58. The van der Waals surface area contributed by atoms with Gasteiger partial charge in [-0.2, -0.15) is 0 Å². The van der Waals surface area contributed by atoms with Gasteiger partial charge in [-0.1, -0.05) is 12.1 Å². The summed E-state index contributed by atoms with van der Waals surface area (Å²) in [4.78, 5) is 30.1. The minimum Gasteiger partial charge on any atom is -0.496 e. The van der Waals surface area contributed by atoms with Crippen LogP contribution in [0.3, 0.4) is 0 Å². The molecule has 0 aliphatic heterocycles. The van der Waals surface area contributed by atoms with E-state index in [1.54, 1.807) is 62.8 Å². The van der Waals surface area contributed by atoms with Crippen molar-refractivity contribution in [2.24, 2.45) is 0 Å². The lowest BCUT2D eigenvalue weighted by Gasteiger charge is -2.03. The van der Waals surface area contributed by atoms with Crippen LogP contribution >= 0.6 is 31.9 Å². The molecule has 0 unspecified atom stereocenters. The van der Waals surface area contributed by atoms with Crippen molar-refractivity contribution in [2.45, 2.75) is 0 Å². The molecule has 0 bridgehead atoms. The van der Waals surface area contributed by atoms with Crippen molar-refractivity contribution >= 4 is 44.0 Å². The van der Waals surface area contributed by atoms with Crippen LogP contribution in [0.15, 0.2) is 54.9 Å². The summed E-state index contributed by atoms with van der Waals surface area (Å²) in [6.45, 7) is 0. The van der Waals surface area contributed by atoms with Crippen LogP contribution in [0.2, 0.25) is 0 Å². The molecule has 3 rings (SSSR count). The van der Waals surface area contributed by atoms with Crippen LogP contribution in [-0.2, 0) is 0 Å². The van der Waals surface area contributed by atoms with Crippen LogP contribution in [0.1, 0.15) is 11.1 Å². The fourth-order valence-corrected chi connectivity index (χ4v) is 3.69. The zero-order chi connectivity index (χ0) is 20.3. The lowest BCUT2D eigenvalue weighted by atomic mass is 10.2. The van der Waals surface area contributed by atoms with Crippen LogP contribution in [-0.4, -0.2) is 24.2 Å². The molecular formula is C20H16Br2N2O4. The Balaban J connectivity index is 2.06. The Kier molecular flexibility index (Phi) is 6.21. The van der Waals surface area contributed by atoms with Crippen LogP contribution in [0, 0.1) is 0 Å². The highest BCUT2D eigenvalue weighted by atomic mass is 79.9. The third-order valence-corrected chi connectivity index (χ3v) is 5.20. The van der Waals surface area contributed by atoms with Gasteiger partial charge in [-0.25, -0.2) is 0 Å². The van der Waals surface area contributed by atoms with Gasteiger partial charge in [-0.05, 0) is 79.4 Å². The van der Waals surface area contributed by atoms with Crippen molar-refractivity contribution in [3.63, 3.8) is 0 Å². The van der Waals surface area contributed by atoms with Gasteiger partial charge >= 0.3 is 0 Å². The second kappa shape index (κ2) is 8.62. The first-order valence-corrected chi connectivity index (χ1v) is 9.73. The third kappa shape index (κ3) is 4.45. The number of hydrogen-bond acceptors (Lipinski definition) is 4. The van der Waals surface area contributed by atoms with E-state index in [2.05, 4.69) is 41.8 Å². The number of halogens is 2. The third-order valence-electron chi connectivity index (χ3n) is 3.96. The lowest BCUT2D eigenvalue weighted by Crippen LogP contribution is -2.46. The van der Waals surface area contributed by atoms with Crippen LogP contribution < -0.4 is 31.3 Å². The maximum Gasteiger partial charge on any atom is 0.272 e. The topological polar surface area (TPSA) is 84.2 Å². The summed E-state index contributed by atoms with van der Waals surface area (Å²) < 4.78 is 11.9. The van der Waals surface area contributed by atoms with Gasteiger partial charge in [0, 0.05) is 0 Å². The Morgan fingerprint density at radius 1 is 0.750 bits per heavy atom. The van der Waals surface area contributed by atoms with Crippen LogP contribution in [0.4, 0.5) is 0 Å². The average Bonchev–Trinajstić information content (AvgIpc) is 2.66.